The number of rotatable bonds is 6. The second kappa shape index (κ2) is 8.87. The minimum absolute atomic E-state index is 0.0725. The first kappa shape index (κ1) is 24.5. The zero-order valence-electron chi connectivity index (χ0n) is 18.4. The molecule has 1 fully saturated rings. The van der Waals surface area contributed by atoms with Gasteiger partial charge in [-0.05, 0) is 55.5 Å². The van der Waals surface area contributed by atoms with Gasteiger partial charge in [-0.1, -0.05) is 6.07 Å². The summed E-state index contributed by atoms with van der Waals surface area (Å²) in [4.78, 5) is 16.9. The summed E-state index contributed by atoms with van der Waals surface area (Å²) >= 11 is 0. The average Bonchev–Trinajstić information content (AvgIpc) is 3.58. The first-order valence-corrected chi connectivity index (χ1v) is 12.2. The molecule has 1 aromatic carbocycles. The van der Waals surface area contributed by atoms with E-state index in [0.29, 0.717) is 5.56 Å². The largest absolute Gasteiger partial charge is 0.435 e. The third-order valence-corrected chi connectivity index (χ3v) is 6.45. The number of hydrogen-bond donors (Lipinski definition) is 2. The van der Waals surface area contributed by atoms with E-state index in [9.17, 15) is 26.6 Å². The molecule has 0 aliphatic heterocycles. The third-order valence-electron chi connectivity index (χ3n) is 5.29. The highest BCUT2D eigenvalue weighted by Gasteiger charge is 2.38. The van der Waals surface area contributed by atoms with Crippen molar-refractivity contribution in [2.45, 2.75) is 36.8 Å². The van der Waals surface area contributed by atoms with Crippen molar-refractivity contribution in [2.75, 3.05) is 11.6 Å². The van der Waals surface area contributed by atoms with Crippen molar-refractivity contribution in [2.24, 2.45) is 0 Å². The molecule has 0 spiro atoms. The molecule has 1 amide bonds. The van der Waals surface area contributed by atoms with Crippen molar-refractivity contribution in [3.05, 3.63) is 64.7 Å². The molecule has 0 bridgehead atoms. The van der Waals surface area contributed by atoms with Crippen LogP contribution in [0.4, 0.5) is 23.2 Å². The Morgan fingerprint density at radius 2 is 1.91 bits per heavy atom. The van der Waals surface area contributed by atoms with Crippen molar-refractivity contribution in [1.29, 1.82) is 4.78 Å². The summed E-state index contributed by atoms with van der Waals surface area (Å²) in [6.45, 7) is 1.03. The van der Waals surface area contributed by atoms with E-state index in [2.05, 4.69) is 20.5 Å². The predicted molar refractivity (Wildman–Crippen MR) is 117 cm³/mol. The van der Waals surface area contributed by atoms with Crippen molar-refractivity contribution in [1.82, 2.24) is 15.2 Å². The van der Waals surface area contributed by atoms with Crippen LogP contribution < -0.4 is 10.1 Å². The lowest BCUT2D eigenvalue weighted by Crippen LogP contribution is -2.21. The van der Waals surface area contributed by atoms with E-state index >= 15 is 0 Å². The van der Waals surface area contributed by atoms with Gasteiger partial charge in [0.05, 0.1) is 9.73 Å². The first-order valence-electron chi connectivity index (χ1n) is 10.3. The smallest absolute Gasteiger partial charge is 0.418 e. The molecule has 2 N–H and O–H groups in total. The van der Waals surface area contributed by atoms with Gasteiger partial charge in [0.1, 0.15) is 5.56 Å². The number of benzene rings is 1. The maximum absolute atomic E-state index is 14.3. The number of carbonyl (C=O) groups is 1. The number of nitrogens with one attached hydrogen (secondary N) is 2. The van der Waals surface area contributed by atoms with Crippen LogP contribution in [-0.2, 0) is 15.9 Å². The fraction of sp³-hybridized carbons (Fsp3) is 0.273. The molecule has 0 radical (unpaired) electrons. The summed E-state index contributed by atoms with van der Waals surface area (Å²) in [5.74, 6) is -2.64. The lowest BCUT2D eigenvalue weighted by Gasteiger charge is -2.16. The number of alkyl halides is 3. The number of anilines is 1. The Morgan fingerprint density at radius 1 is 1.20 bits per heavy atom. The van der Waals surface area contributed by atoms with Gasteiger partial charge in [0.15, 0.2) is 5.69 Å². The average molecular weight is 509 g/mol. The quantitative estimate of drug-likeness (QED) is 0.344. The second-order valence-corrected chi connectivity index (χ2v) is 10.2. The number of aromatic nitrogens is 3. The molecule has 0 saturated heterocycles. The van der Waals surface area contributed by atoms with Crippen molar-refractivity contribution in [3.8, 4) is 11.8 Å². The van der Waals surface area contributed by atoms with Gasteiger partial charge in [-0.3, -0.25) is 4.79 Å². The number of nitrogens with zero attached hydrogens (tertiary/aromatic N) is 3. The van der Waals surface area contributed by atoms with E-state index in [1.807, 2.05) is 0 Å². The highest BCUT2D eigenvalue weighted by atomic mass is 32.2. The molecule has 1 unspecified atom stereocenters. The molecule has 1 atom stereocenters. The summed E-state index contributed by atoms with van der Waals surface area (Å²) in [6, 6.07) is 8.35. The van der Waals surface area contributed by atoms with Crippen LogP contribution >= 0.6 is 0 Å². The Hall–Kier alpha value is -3.61. The number of hydrogen-bond acceptors (Lipinski definition) is 7. The number of carbonyl (C=O) groups excluding carboxylic acids is 1. The Labute approximate surface area is 197 Å². The van der Waals surface area contributed by atoms with E-state index in [1.54, 1.807) is 0 Å². The number of pyridine rings is 1. The molecule has 2 aromatic heterocycles. The van der Waals surface area contributed by atoms with Crippen LogP contribution in [0, 0.1) is 17.7 Å². The maximum atomic E-state index is 14.3. The predicted octanol–water partition coefficient (Wildman–Crippen LogP) is 5.30. The van der Waals surface area contributed by atoms with Gasteiger partial charge in [-0.25, -0.2) is 8.99 Å². The van der Waals surface area contributed by atoms with Crippen LogP contribution in [0.1, 0.15) is 45.9 Å². The van der Waals surface area contributed by atoms with Crippen LogP contribution in [0.3, 0.4) is 0 Å². The SMILES string of the molecule is Cc1c(C(F)(F)F)nnc(Oc2ccc(C3CC3)c(F)n2)c1C(=O)Nc1cccc(S(C)(=N)=O)c1. The molecule has 35 heavy (non-hydrogen) atoms. The van der Waals surface area contributed by atoms with E-state index in [1.165, 1.54) is 42.7 Å². The zero-order chi connectivity index (χ0) is 25.5. The highest BCUT2D eigenvalue weighted by molar-refractivity contribution is 7.91. The Balaban J connectivity index is 1.72. The number of amides is 1. The highest BCUT2D eigenvalue weighted by Crippen LogP contribution is 2.41. The molecule has 13 heteroatoms. The van der Waals surface area contributed by atoms with Gasteiger partial charge in [-0.15, -0.1) is 10.2 Å². The maximum Gasteiger partial charge on any atom is 0.435 e. The summed E-state index contributed by atoms with van der Waals surface area (Å²) < 4.78 is 79.8. The van der Waals surface area contributed by atoms with Gasteiger partial charge >= 0.3 is 6.18 Å². The molecule has 1 aliphatic carbocycles. The van der Waals surface area contributed by atoms with Crippen LogP contribution in [0.15, 0.2) is 41.3 Å². The van der Waals surface area contributed by atoms with Gasteiger partial charge in [0.25, 0.3) is 11.8 Å². The lowest BCUT2D eigenvalue weighted by atomic mass is 10.1. The van der Waals surface area contributed by atoms with Crippen LogP contribution in [0.25, 0.3) is 0 Å². The number of ether oxygens (including phenoxy) is 1. The van der Waals surface area contributed by atoms with Gasteiger partial charge in [-0.2, -0.15) is 22.5 Å². The van der Waals surface area contributed by atoms with E-state index < -0.39 is 50.5 Å². The standard InChI is InChI=1S/C22H19F4N5O3S/c1-11-17(20(32)28-13-4-3-5-14(10-13)35(2,27)33)21(31-30-18(11)22(24,25)26)34-16-9-8-15(12-6-7-12)19(23)29-16/h3-5,8-10,12,27H,6-7H2,1-2H3,(H,28,32). The molecule has 8 nitrogen and oxygen atoms in total. The minimum Gasteiger partial charge on any atom is -0.418 e. The van der Waals surface area contributed by atoms with Crippen molar-refractivity contribution < 1.29 is 31.3 Å². The third kappa shape index (κ3) is 5.39. The van der Waals surface area contributed by atoms with Gasteiger partial charge in [0, 0.05) is 28.5 Å². The molecule has 3 aromatic rings. The lowest BCUT2D eigenvalue weighted by molar-refractivity contribution is -0.142. The van der Waals surface area contributed by atoms with E-state index in [-0.39, 0.29) is 22.4 Å². The topological polar surface area (TPSA) is 118 Å². The van der Waals surface area contributed by atoms with Crippen LogP contribution in [0.5, 0.6) is 11.8 Å². The summed E-state index contributed by atoms with van der Waals surface area (Å²) in [7, 11) is -3.11. The van der Waals surface area contributed by atoms with Gasteiger partial charge in [0.2, 0.25) is 11.8 Å². The molecule has 1 aliphatic rings. The van der Waals surface area contributed by atoms with E-state index in [0.717, 1.165) is 19.8 Å². The van der Waals surface area contributed by atoms with E-state index in [4.69, 9.17) is 9.52 Å². The molecule has 2 heterocycles. The normalized spacial score (nSPS) is 15.4. The molecule has 1 saturated carbocycles. The number of halogens is 4. The first-order chi connectivity index (χ1) is 16.3. The monoisotopic (exact) mass is 509 g/mol. The molecular formula is C22H19F4N5O3S. The second-order valence-electron chi connectivity index (χ2n) is 8.08. The molecule has 4 rings (SSSR count). The zero-order valence-corrected chi connectivity index (χ0v) is 19.3. The summed E-state index contributed by atoms with van der Waals surface area (Å²) in [5, 5.41) is 8.99. The van der Waals surface area contributed by atoms with Crippen molar-refractivity contribution >= 4 is 21.3 Å². The Bertz CT molecular complexity index is 1420. The minimum atomic E-state index is -4.90. The fourth-order valence-electron chi connectivity index (χ4n) is 3.40. The van der Waals surface area contributed by atoms with Crippen LogP contribution in [-0.4, -0.2) is 31.6 Å². The van der Waals surface area contributed by atoms with Crippen molar-refractivity contribution in [3.63, 3.8) is 0 Å². The Morgan fingerprint density at radius 3 is 2.51 bits per heavy atom. The van der Waals surface area contributed by atoms with Gasteiger partial charge < -0.3 is 10.1 Å². The molecular weight excluding hydrogens is 490 g/mol. The molecule has 184 valence electrons. The summed E-state index contributed by atoms with van der Waals surface area (Å²) in [6.07, 6.45) is -2.05. The summed E-state index contributed by atoms with van der Waals surface area (Å²) in [5.41, 5.74) is -2.05. The Kier molecular flexibility index (Phi) is 6.21. The van der Waals surface area contributed by atoms with Crippen LogP contribution in [0.2, 0.25) is 0 Å². The fourth-order valence-corrected chi connectivity index (χ4v) is 4.09.